The quantitative estimate of drug-likeness (QED) is 0.655. The van der Waals surface area contributed by atoms with Gasteiger partial charge in [0.2, 0.25) is 0 Å². The van der Waals surface area contributed by atoms with Crippen molar-refractivity contribution in [2.24, 2.45) is 11.7 Å². The first-order chi connectivity index (χ1) is 8.51. The van der Waals surface area contributed by atoms with Crippen molar-refractivity contribution in [3.63, 3.8) is 0 Å². The SMILES string of the molecule is CCCC1CCC(CN)(NC(C)CC(C)O)CC1. The lowest BCUT2D eigenvalue weighted by molar-refractivity contribution is 0.135. The lowest BCUT2D eigenvalue weighted by Crippen LogP contribution is -2.56. The summed E-state index contributed by atoms with van der Waals surface area (Å²) in [4.78, 5) is 0. The van der Waals surface area contributed by atoms with E-state index in [0.717, 1.165) is 18.9 Å². The van der Waals surface area contributed by atoms with Crippen LogP contribution < -0.4 is 11.1 Å². The van der Waals surface area contributed by atoms with Crippen molar-refractivity contribution in [1.29, 1.82) is 0 Å². The van der Waals surface area contributed by atoms with Crippen LogP contribution in [0.15, 0.2) is 0 Å². The van der Waals surface area contributed by atoms with Crippen LogP contribution in [0.1, 0.15) is 65.7 Å². The van der Waals surface area contributed by atoms with Crippen LogP contribution in [0, 0.1) is 5.92 Å². The zero-order chi connectivity index (χ0) is 13.6. The number of aliphatic hydroxyl groups is 1. The monoisotopic (exact) mass is 256 g/mol. The number of hydrogen-bond donors (Lipinski definition) is 3. The van der Waals surface area contributed by atoms with E-state index in [0.29, 0.717) is 6.04 Å². The van der Waals surface area contributed by atoms with E-state index in [1.807, 2.05) is 6.92 Å². The summed E-state index contributed by atoms with van der Waals surface area (Å²) < 4.78 is 0. The fourth-order valence-electron chi connectivity index (χ4n) is 3.43. The molecule has 0 radical (unpaired) electrons. The molecule has 0 aromatic carbocycles. The summed E-state index contributed by atoms with van der Waals surface area (Å²) in [6.45, 7) is 7.00. The second-order valence-corrected chi connectivity index (χ2v) is 6.35. The lowest BCUT2D eigenvalue weighted by atomic mass is 9.74. The van der Waals surface area contributed by atoms with Crippen molar-refractivity contribution >= 4 is 0 Å². The molecular formula is C15H32N2O. The molecule has 0 heterocycles. The standard InChI is InChI=1S/C15H32N2O/c1-4-5-14-6-8-15(11-16,9-7-14)17-12(2)10-13(3)18/h12-14,17-18H,4-11,16H2,1-3H3. The first-order valence-corrected chi connectivity index (χ1v) is 7.67. The minimum atomic E-state index is -0.237. The highest BCUT2D eigenvalue weighted by Crippen LogP contribution is 2.34. The van der Waals surface area contributed by atoms with E-state index in [9.17, 15) is 5.11 Å². The maximum Gasteiger partial charge on any atom is 0.0526 e. The Bertz CT molecular complexity index is 223. The summed E-state index contributed by atoms with van der Waals surface area (Å²) in [6.07, 6.45) is 8.23. The maximum absolute atomic E-state index is 9.45. The molecule has 0 saturated heterocycles. The lowest BCUT2D eigenvalue weighted by Gasteiger charge is -2.42. The molecule has 1 aliphatic rings. The highest BCUT2D eigenvalue weighted by Gasteiger charge is 2.34. The minimum Gasteiger partial charge on any atom is -0.393 e. The van der Waals surface area contributed by atoms with E-state index in [1.165, 1.54) is 38.5 Å². The predicted octanol–water partition coefficient (Wildman–Crippen LogP) is 2.42. The van der Waals surface area contributed by atoms with Gasteiger partial charge in [0.25, 0.3) is 0 Å². The smallest absolute Gasteiger partial charge is 0.0526 e. The molecule has 0 aromatic rings. The Morgan fingerprint density at radius 3 is 2.39 bits per heavy atom. The van der Waals surface area contributed by atoms with Crippen molar-refractivity contribution < 1.29 is 5.11 Å². The van der Waals surface area contributed by atoms with Crippen LogP contribution in [-0.4, -0.2) is 29.3 Å². The molecule has 0 aromatic heterocycles. The predicted molar refractivity (Wildman–Crippen MR) is 77.5 cm³/mol. The van der Waals surface area contributed by atoms with E-state index in [-0.39, 0.29) is 11.6 Å². The van der Waals surface area contributed by atoms with Gasteiger partial charge in [-0.15, -0.1) is 0 Å². The Balaban J connectivity index is 2.45. The van der Waals surface area contributed by atoms with Crippen molar-refractivity contribution in [2.75, 3.05) is 6.54 Å². The number of nitrogens with one attached hydrogen (secondary N) is 1. The van der Waals surface area contributed by atoms with E-state index in [1.54, 1.807) is 0 Å². The van der Waals surface area contributed by atoms with Gasteiger partial charge in [-0.1, -0.05) is 19.8 Å². The van der Waals surface area contributed by atoms with Crippen LogP contribution in [0.5, 0.6) is 0 Å². The third-order valence-corrected chi connectivity index (χ3v) is 4.40. The molecule has 18 heavy (non-hydrogen) atoms. The summed E-state index contributed by atoms with van der Waals surface area (Å²) in [5.74, 6) is 0.906. The van der Waals surface area contributed by atoms with E-state index >= 15 is 0 Å². The van der Waals surface area contributed by atoms with E-state index < -0.39 is 0 Å². The third-order valence-electron chi connectivity index (χ3n) is 4.40. The fourth-order valence-corrected chi connectivity index (χ4v) is 3.43. The van der Waals surface area contributed by atoms with E-state index in [2.05, 4.69) is 19.2 Å². The molecule has 2 atom stereocenters. The molecule has 1 fully saturated rings. The summed E-state index contributed by atoms with van der Waals surface area (Å²) >= 11 is 0. The summed E-state index contributed by atoms with van der Waals surface area (Å²) in [5, 5.41) is 13.1. The molecule has 1 saturated carbocycles. The fraction of sp³-hybridized carbons (Fsp3) is 1.00. The molecule has 0 spiro atoms. The molecule has 4 N–H and O–H groups in total. The Morgan fingerprint density at radius 1 is 1.33 bits per heavy atom. The maximum atomic E-state index is 9.45. The van der Waals surface area contributed by atoms with E-state index in [4.69, 9.17) is 5.73 Å². The molecular weight excluding hydrogens is 224 g/mol. The number of hydrogen-bond acceptors (Lipinski definition) is 3. The number of rotatable bonds is 7. The molecule has 1 rings (SSSR count). The summed E-state index contributed by atoms with van der Waals surface area (Å²) in [7, 11) is 0. The van der Waals surface area contributed by atoms with Gasteiger partial charge in [-0.2, -0.15) is 0 Å². The van der Waals surface area contributed by atoms with Gasteiger partial charge in [-0.25, -0.2) is 0 Å². The Morgan fingerprint density at radius 2 is 1.94 bits per heavy atom. The van der Waals surface area contributed by atoms with Gasteiger partial charge < -0.3 is 16.2 Å². The van der Waals surface area contributed by atoms with Gasteiger partial charge in [-0.05, 0) is 51.9 Å². The van der Waals surface area contributed by atoms with Gasteiger partial charge in [0.15, 0.2) is 0 Å². The average Bonchev–Trinajstić information content (AvgIpc) is 2.31. The zero-order valence-corrected chi connectivity index (χ0v) is 12.4. The van der Waals surface area contributed by atoms with Crippen molar-refractivity contribution in [3.8, 4) is 0 Å². The molecule has 3 heteroatoms. The zero-order valence-electron chi connectivity index (χ0n) is 12.4. The Hall–Kier alpha value is -0.120. The van der Waals surface area contributed by atoms with Crippen molar-refractivity contribution in [1.82, 2.24) is 5.32 Å². The van der Waals surface area contributed by atoms with Crippen molar-refractivity contribution in [3.05, 3.63) is 0 Å². The molecule has 0 aliphatic heterocycles. The second kappa shape index (κ2) is 7.46. The molecule has 0 amide bonds. The highest BCUT2D eigenvalue weighted by atomic mass is 16.3. The van der Waals surface area contributed by atoms with Crippen LogP contribution in [0.3, 0.4) is 0 Å². The van der Waals surface area contributed by atoms with Crippen LogP contribution >= 0.6 is 0 Å². The topological polar surface area (TPSA) is 58.3 Å². The third kappa shape index (κ3) is 4.87. The summed E-state index contributed by atoms with van der Waals surface area (Å²) in [5.41, 5.74) is 6.14. The van der Waals surface area contributed by atoms with Crippen LogP contribution in [0.4, 0.5) is 0 Å². The second-order valence-electron chi connectivity index (χ2n) is 6.35. The first kappa shape index (κ1) is 15.9. The molecule has 3 nitrogen and oxygen atoms in total. The molecule has 0 bridgehead atoms. The summed E-state index contributed by atoms with van der Waals surface area (Å²) in [6, 6.07) is 0.344. The van der Waals surface area contributed by atoms with Gasteiger partial charge >= 0.3 is 0 Å². The van der Waals surface area contributed by atoms with Crippen molar-refractivity contribution in [2.45, 2.75) is 83.4 Å². The number of aliphatic hydroxyl groups excluding tert-OH is 1. The van der Waals surface area contributed by atoms with Crippen LogP contribution in [0.25, 0.3) is 0 Å². The Kier molecular flexibility index (Phi) is 6.61. The minimum absolute atomic E-state index is 0.124. The Labute approximate surface area is 113 Å². The van der Waals surface area contributed by atoms with Crippen LogP contribution in [0.2, 0.25) is 0 Å². The highest BCUT2D eigenvalue weighted by molar-refractivity contribution is 4.95. The molecule has 108 valence electrons. The van der Waals surface area contributed by atoms with Crippen LogP contribution in [-0.2, 0) is 0 Å². The number of nitrogens with two attached hydrogens (primary N) is 1. The normalized spacial score (nSPS) is 32.2. The van der Waals surface area contributed by atoms with Gasteiger partial charge in [0, 0.05) is 18.1 Å². The van der Waals surface area contributed by atoms with Gasteiger partial charge in [0.1, 0.15) is 0 Å². The molecule has 2 unspecified atom stereocenters. The first-order valence-electron chi connectivity index (χ1n) is 7.67. The molecule has 1 aliphatic carbocycles. The van der Waals surface area contributed by atoms with Gasteiger partial charge in [0.05, 0.1) is 6.10 Å². The van der Waals surface area contributed by atoms with Gasteiger partial charge in [-0.3, -0.25) is 0 Å². The largest absolute Gasteiger partial charge is 0.393 e. The average molecular weight is 256 g/mol.